The van der Waals surface area contributed by atoms with E-state index in [0.717, 1.165) is 39.3 Å². The zero-order valence-corrected chi connectivity index (χ0v) is 14.8. The van der Waals surface area contributed by atoms with Gasteiger partial charge in [-0.25, -0.2) is 0 Å². The molecule has 1 saturated carbocycles. The summed E-state index contributed by atoms with van der Waals surface area (Å²) in [6, 6.07) is 10.9. The SMILES string of the molecule is c1ccc(C2COC3(C2)CN(CCCOC2CCCCC2)C3)cc1. The van der Waals surface area contributed by atoms with E-state index in [9.17, 15) is 0 Å². The zero-order valence-electron chi connectivity index (χ0n) is 14.8. The van der Waals surface area contributed by atoms with Crippen molar-refractivity contribution in [3.63, 3.8) is 0 Å². The van der Waals surface area contributed by atoms with Gasteiger partial charge >= 0.3 is 0 Å². The van der Waals surface area contributed by atoms with Gasteiger partial charge in [0.25, 0.3) is 0 Å². The maximum absolute atomic E-state index is 6.20. The predicted molar refractivity (Wildman–Crippen MR) is 96.4 cm³/mol. The number of benzene rings is 1. The van der Waals surface area contributed by atoms with Crippen molar-refractivity contribution in [2.24, 2.45) is 0 Å². The van der Waals surface area contributed by atoms with Gasteiger partial charge in [-0.3, -0.25) is 4.90 Å². The fraction of sp³-hybridized carbons (Fsp3) is 0.714. The van der Waals surface area contributed by atoms with E-state index < -0.39 is 0 Å². The molecule has 3 heteroatoms. The number of ether oxygens (including phenoxy) is 2. The van der Waals surface area contributed by atoms with Crippen LogP contribution in [0.4, 0.5) is 0 Å². The molecule has 0 aromatic heterocycles. The van der Waals surface area contributed by atoms with Crippen LogP contribution in [0.2, 0.25) is 0 Å². The highest BCUT2D eigenvalue weighted by molar-refractivity contribution is 5.22. The van der Waals surface area contributed by atoms with E-state index >= 15 is 0 Å². The second kappa shape index (κ2) is 7.55. The molecule has 1 atom stereocenters. The Balaban J connectivity index is 1.13. The number of rotatable bonds is 6. The molecule has 3 aliphatic rings. The standard InChI is InChI=1S/C21H31NO2/c1-3-8-18(9-4-1)19-14-21(24-15-19)16-22(17-21)12-7-13-23-20-10-5-2-6-11-20/h1,3-4,8-9,19-20H,2,5-7,10-17H2. The Bertz CT molecular complexity index is 506. The molecule has 2 aliphatic heterocycles. The monoisotopic (exact) mass is 329 g/mol. The van der Waals surface area contributed by atoms with Crippen LogP contribution in [0, 0.1) is 0 Å². The molecule has 3 fully saturated rings. The van der Waals surface area contributed by atoms with Gasteiger partial charge < -0.3 is 9.47 Å². The Labute approximate surface area is 146 Å². The first-order valence-electron chi connectivity index (χ1n) is 9.86. The van der Waals surface area contributed by atoms with Crippen LogP contribution in [0.25, 0.3) is 0 Å². The summed E-state index contributed by atoms with van der Waals surface area (Å²) in [4.78, 5) is 2.54. The molecule has 2 saturated heterocycles. The summed E-state index contributed by atoms with van der Waals surface area (Å²) in [6.07, 6.45) is 9.58. The van der Waals surface area contributed by atoms with E-state index in [0.29, 0.717) is 12.0 Å². The predicted octanol–water partition coefficient (Wildman–Crippen LogP) is 3.98. The Hall–Kier alpha value is -0.900. The fourth-order valence-electron chi connectivity index (χ4n) is 4.70. The van der Waals surface area contributed by atoms with E-state index in [4.69, 9.17) is 9.47 Å². The summed E-state index contributed by atoms with van der Waals surface area (Å²) < 4.78 is 12.2. The fourth-order valence-corrected chi connectivity index (χ4v) is 4.70. The minimum atomic E-state index is 0.144. The molecule has 132 valence electrons. The lowest BCUT2D eigenvalue weighted by Gasteiger charge is -2.47. The molecule has 0 N–H and O–H groups in total. The van der Waals surface area contributed by atoms with Crippen molar-refractivity contribution in [1.29, 1.82) is 0 Å². The van der Waals surface area contributed by atoms with E-state index in [2.05, 4.69) is 35.2 Å². The number of nitrogens with zero attached hydrogens (tertiary/aromatic N) is 1. The first-order chi connectivity index (χ1) is 11.8. The van der Waals surface area contributed by atoms with Gasteiger partial charge in [0.2, 0.25) is 0 Å². The normalized spacial score (nSPS) is 27.4. The van der Waals surface area contributed by atoms with Crippen molar-refractivity contribution in [3.05, 3.63) is 35.9 Å². The summed E-state index contributed by atoms with van der Waals surface area (Å²) >= 11 is 0. The Morgan fingerprint density at radius 2 is 1.88 bits per heavy atom. The molecule has 1 aromatic carbocycles. The summed E-state index contributed by atoms with van der Waals surface area (Å²) in [7, 11) is 0. The third-order valence-corrected chi connectivity index (χ3v) is 6.03. The van der Waals surface area contributed by atoms with E-state index in [1.165, 1.54) is 44.1 Å². The summed E-state index contributed by atoms with van der Waals surface area (Å²) in [5, 5.41) is 0. The van der Waals surface area contributed by atoms with Crippen LogP contribution in [0.1, 0.15) is 56.4 Å². The second-order valence-electron chi connectivity index (χ2n) is 8.00. The van der Waals surface area contributed by atoms with Gasteiger partial charge in [-0.15, -0.1) is 0 Å². The maximum Gasteiger partial charge on any atom is 0.0941 e. The summed E-state index contributed by atoms with van der Waals surface area (Å²) in [6.45, 7) is 5.21. The highest BCUT2D eigenvalue weighted by atomic mass is 16.5. The Morgan fingerprint density at radius 1 is 1.08 bits per heavy atom. The van der Waals surface area contributed by atoms with Crippen molar-refractivity contribution >= 4 is 0 Å². The van der Waals surface area contributed by atoms with Gasteiger partial charge in [-0.05, 0) is 31.2 Å². The highest BCUT2D eigenvalue weighted by Gasteiger charge is 2.49. The van der Waals surface area contributed by atoms with Crippen LogP contribution in [0.3, 0.4) is 0 Å². The number of hydrogen-bond donors (Lipinski definition) is 0. The highest BCUT2D eigenvalue weighted by Crippen LogP contribution is 2.42. The third kappa shape index (κ3) is 3.84. The van der Waals surface area contributed by atoms with Crippen molar-refractivity contribution < 1.29 is 9.47 Å². The van der Waals surface area contributed by atoms with Crippen molar-refractivity contribution in [3.8, 4) is 0 Å². The van der Waals surface area contributed by atoms with Crippen molar-refractivity contribution in [2.45, 2.75) is 62.6 Å². The van der Waals surface area contributed by atoms with Gasteiger partial charge in [-0.1, -0.05) is 49.6 Å². The van der Waals surface area contributed by atoms with Crippen LogP contribution in [0.5, 0.6) is 0 Å². The maximum atomic E-state index is 6.20. The Morgan fingerprint density at radius 3 is 2.67 bits per heavy atom. The molecule has 1 aromatic rings. The van der Waals surface area contributed by atoms with E-state index in [1.807, 2.05) is 0 Å². The quantitative estimate of drug-likeness (QED) is 0.737. The van der Waals surface area contributed by atoms with Crippen molar-refractivity contribution in [2.75, 3.05) is 32.8 Å². The molecular weight excluding hydrogens is 298 g/mol. The lowest BCUT2D eigenvalue weighted by molar-refractivity contribution is -0.113. The van der Waals surface area contributed by atoms with Crippen LogP contribution in [0.15, 0.2) is 30.3 Å². The average molecular weight is 329 g/mol. The topological polar surface area (TPSA) is 21.7 Å². The van der Waals surface area contributed by atoms with Gasteiger partial charge in [-0.2, -0.15) is 0 Å². The lowest BCUT2D eigenvalue weighted by Crippen LogP contribution is -2.61. The first-order valence-corrected chi connectivity index (χ1v) is 9.86. The smallest absolute Gasteiger partial charge is 0.0941 e. The summed E-state index contributed by atoms with van der Waals surface area (Å²) in [5.41, 5.74) is 1.58. The van der Waals surface area contributed by atoms with E-state index in [1.54, 1.807) is 0 Å². The van der Waals surface area contributed by atoms with Gasteiger partial charge in [0, 0.05) is 32.2 Å². The summed E-state index contributed by atoms with van der Waals surface area (Å²) in [5.74, 6) is 0.586. The number of likely N-dealkylation sites (tertiary alicyclic amines) is 1. The molecule has 2 heterocycles. The first kappa shape index (κ1) is 16.6. The minimum absolute atomic E-state index is 0.144. The van der Waals surface area contributed by atoms with Gasteiger partial charge in [0.15, 0.2) is 0 Å². The molecule has 4 rings (SSSR count). The Kier molecular flexibility index (Phi) is 5.21. The molecular formula is C21H31NO2. The lowest BCUT2D eigenvalue weighted by atomic mass is 9.84. The molecule has 1 unspecified atom stereocenters. The molecule has 24 heavy (non-hydrogen) atoms. The minimum Gasteiger partial charge on any atom is -0.378 e. The van der Waals surface area contributed by atoms with Crippen LogP contribution >= 0.6 is 0 Å². The van der Waals surface area contributed by atoms with Crippen LogP contribution in [-0.2, 0) is 9.47 Å². The molecule has 0 amide bonds. The van der Waals surface area contributed by atoms with Gasteiger partial charge in [0.05, 0.1) is 18.3 Å². The van der Waals surface area contributed by atoms with E-state index in [-0.39, 0.29) is 5.60 Å². The second-order valence-corrected chi connectivity index (χ2v) is 8.00. The molecule has 1 spiro atoms. The molecule has 1 aliphatic carbocycles. The number of hydrogen-bond acceptors (Lipinski definition) is 3. The zero-order chi connectivity index (χ0) is 16.2. The third-order valence-electron chi connectivity index (χ3n) is 6.03. The largest absolute Gasteiger partial charge is 0.378 e. The average Bonchev–Trinajstić information content (AvgIpc) is 3.05. The molecule has 3 nitrogen and oxygen atoms in total. The van der Waals surface area contributed by atoms with Crippen LogP contribution < -0.4 is 0 Å². The van der Waals surface area contributed by atoms with Gasteiger partial charge in [0.1, 0.15) is 0 Å². The molecule has 0 radical (unpaired) electrons. The van der Waals surface area contributed by atoms with Crippen molar-refractivity contribution in [1.82, 2.24) is 4.90 Å². The van der Waals surface area contributed by atoms with Crippen LogP contribution in [-0.4, -0.2) is 49.5 Å². The molecule has 0 bridgehead atoms.